The number of aryl methyl sites for hydroxylation is 1. The van der Waals surface area contributed by atoms with Crippen LogP contribution in [0, 0.1) is 18.3 Å². The van der Waals surface area contributed by atoms with Gasteiger partial charge >= 0.3 is 5.97 Å². The molecule has 9 heteroatoms. The molecular formula is C31H38N4O4S. The van der Waals surface area contributed by atoms with Crippen LogP contribution in [0.25, 0.3) is 11.3 Å². The maximum Gasteiger partial charge on any atom is 0.309 e. The number of carboxylic acid groups (broad SMARTS) is 1. The number of ether oxygens (including phenoxy) is 2. The Morgan fingerprint density at radius 1 is 1.32 bits per heavy atom. The molecule has 8 nitrogen and oxygen atoms in total. The molecule has 2 fully saturated rings. The monoisotopic (exact) mass is 562 g/mol. The first kappa shape index (κ1) is 27.2. The number of pyridine rings is 1. The van der Waals surface area contributed by atoms with Crippen molar-refractivity contribution in [2.75, 3.05) is 37.7 Å². The van der Waals surface area contributed by atoms with Gasteiger partial charge in [0, 0.05) is 61.5 Å². The molecule has 1 unspecified atom stereocenters. The van der Waals surface area contributed by atoms with E-state index in [0.717, 1.165) is 72.4 Å². The zero-order valence-electron chi connectivity index (χ0n) is 23.6. The highest BCUT2D eigenvalue weighted by molar-refractivity contribution is 7.14. The van der Waals surface area contributed by atoms with Crippen molar-refractivity contribution >= 4 is 22.4 Å². The highest BCUT2D eigenvalue weighted by atomic mass is 32.1. The normalized spacial score (nSPS) is 25.1. The molecule has 1 aromatic carbocycles. The summed E-state index contributed by atoms with van der Waals surface area (Å²) in [5.41, 5.74) is 5.80. The van der Waals surface area contributed by atoms with Crippen molar-refractivity contribution in [3.8, 4) is 17.0 Å². The van der Waals surface area contributed by atoms with E-state index in [9.17, 15) is 9.90 Å². The van der Waals surface area contributed by atoms with Crippen molar-refractivity contribution in [3.63, 3.8) is 0 Å². The van der Waals surface area contributed by atoms with E-state index in [1.165, 1.54) is 11.3 Å². The first-order chi connectivity index (χ1) is 19.3. The Morgan fingerprint density at radius 3 is 2.98 bits per heavy atom. The molecule has 3 atom stereocenters. The first-order valence-electron chi connectivity index (χ1n) is 14.3. The molecule has 6 rings (SSSR count). The summed E-state index contributed by atoms with van der Waals surface area (Å²) in [6.45, 7) is 11.4. The van der Waals surface area contributed by atoms with Gasteiger partial charge in [-0.2, -0.15) is 0 Å². The Balaban J connectivity index is 1.15. The van der Waals surface area contributed by atoms with E-state index in [2.05, 4.69) is 40.3 Å². The minimum Gasteiger partial charge on any atom is -0.488 e. The van der Waals surface area contributed by atoms with E-state index in [1.54, 1.807) is 11.3 Å². The van der Waals surface area contributed by atoms with Crippen LogP contribution in [0.5, 0.6) is 5.75 Å². The molecule has 0 bridgehead atoms. The summed E-state index contributed by atoms with van der Waals surface area (Å²) in [5, 5.41) is 12.7. The Labute approximate surface area is 240 Å². The summed E-state index contributed by atoms with van der Waals surface area (Å²) in [7, 11) is 0. The van der Waals surface area contributed by atoms with Crippen molar-refractivity contribution in [1.82, 2.24) is 14.9 Å². The Bertz CT molecular complexity index is 1390. The number of nitrogens with zero attached hydrogens (tertiary/aromatic N) is 4. The topological polar surface area (TPSA) is 88.0 Å². The third-order valence-corrected chi connectivity index (χ3v) is 10.1. The number of piperidine rings is 1. The van der Waals surface area contributed by atoms with Gasteiger partial charge in [0.05, 0.1) is 23.4 Å². The number of aliphatic carboxylic acids is 1. The van der Waals surface area contributed by atoms with Gasteiger partial charge < -0.3 is 19.5 Å². The van der Waals surface area contributed by atoms with Gasteiger partial charge in [0.15, 0.2) is 5.13 Å². The lowest BCUT2D eigenvalue weighted by Crippen LogP contribution is -2.48. The van der Waals surface area contributed by atoms with Gasteiger partial charge in [-0.15, -0.1) is 11.3 Å². The summed E-state index contributed by atoms with van der Waals surface area (Å²) in [4.78, 5) is 26.4. The van der Waals surface area contributed by atoms with Crippen LogP contribution in [-0.4, -0.2) is 64.8 Å². The fraction of sp³-hybridized carbons (Fsp3) is 0.516. The molecule has 3 aliphatic rings. The van der Waals surface area contributed by atoms with Crippen LogP contribution in [-0.2, 0) is 29.1 Å². The summed E-state index contributed by atoms with van der Waals surface area (Å²) in [6.07, 6.45) is 4.68. The molecule has 0 radical (unpaired) electrons. The van der Waals surface area contributed by atoms with Crippen LogP contribution in [0.4, 0.5) is 5.13 Å². The van der Waals surface area contributed by atoms with Crippen LogP contribution in [0.3, 0.4) is 0 Å². The summed E-state index contributed by atoms with van der Waals surface area (Å²) >= 11 is 1.61. The average molecular weight is 563 g/mol. The number of thiazole rings is 1. The Morgan fingerprint density at radius 2 is 2.20 bits per heavy atom. The largest absolute Gasteiger partial charge is 0.488 e. The lowest BCUT2D eigenvalue weighted by atomic mass is 9.73. The van der Waals surface area contributed by atoms with Crippen molar-refractivity contribution < 1.29 is 19.4 Å². The summed E-state index contributed by atoms with van der Waals surface area (Å²) < 4.78 is 12.0. The number of hydrogen-bond acceptors (Lipinski definition) is 8. The number of carbonyl (C=O) groups is 1. The number of benzene rings is 1. The highest BCUT2D eigenvalue weighted by Crippen LogP contribution is 2.41. The van der Waals surface area contributed by atoms with E-state index in [1.807, 2.05) is 26.1 Å². The fourth-order valence-corrected chi connectivity index (χ4v) is 7.01. The molecule has 3 aromatic rings. The molecule has 0 spiro atoms. The van der Waals surface area contributed by atoms with Gasteiger partial charge in [-0.05, 0) is 62.3 Å². The number of aromatic nitrogens is 2. The van der Waals surface area contributed by atoms with Gasteiger partial charge in [-0.3, -0.25) is 14.7 Å². The predicted octanol–water partition coefficient (Wildman–Crippen LogP) is 5.18. The molecule has 1 N–H and O–H groups in total. The number of anilines is 1. The van der Waals surface area contributed by atoms with Crippen molar-refractivity contribution in [1.29, 1.82) is 0 Å². The Hall–Kier alpha value is -3.01. The molecule has 0 saturated carbocycles. The minimum atomic E-state index is -0.712. The lowest BCUT2D eigenvalue weighted by Gasteiger charge is -2.41. The Kier molecular flexibility index (Phi) is 7.54. The maximum atomic E-state index is 11.8. The van der Waals surface area contributed by atoms with Crippen molar-refractivity contribution in [2.24, 2.45) is 11.3 Å². The standard InChI is InChI=1S/C31H38N4O4S/c1-20-5-4-6-25(27-19-40-30(33-27)35-11-9-31(3,29(36)37)21(2)15-35)28(20)39-17-22-13-23-7-10-34(16-26(23)32-14-22)24-8-12-38-18-24/h4-6,13-14,19,21,24H,7-12,15-18H2,1-3H3,(H,36,37)/t21-,24?,31-/m0/s1. The van der Waals surface area contributed by atoms with Crippen LogP contribution < -0.4 is 9.64 Å². The van der Waals surface area contributed by atoms with Gasteiger partial charge in [0.25, 0.3) is 0 Å². The molecular weight excluding hydrogens is 524 g/mol. The summed E-state index contributed by atoms with van der Waals surface area (Å²) in [6, 6.07) is 8.95. The fourth-order valence-electron chi connectivity index (χ4n) is 6.15. The first-order valence-corrected chi connectivity index (χ1v) is 15.1. The number of para-hydroxylation sites is 1. The van der Waals surface area contributed by atoms with E-state index >= 15 is 0 Å². The number of carboxylic acids is 1. The quantitative estimate of drug-likeness (QED) is 0.422. The van der Waals surface area contributed by atoms with E-state index in [4.69, 9.17) is 19.4 Å². The van der Waals surface area contributed by atoms with Crippen LogP contribution >= 0.6 is 11.3 Å². The molecule has 2 aromatic heterocycles. The molecule has 0 aliphatic carbocycles. The summed E-state index contributed by atoms with van der Waals surface area (Å²) in [5.74, 6) is 0.167. The lowest BCUT2D eigenvalue weighted by molar-refractivity contribution is -0.152. The molecule has 40 heavy (non-hydrogen) atoms. The third-order valence-electron chi connectivity index (χ3n) is 9.16. The molecule has 0 amide bonds. The third kappa shape index (κ3) is 5.22. The second-order valence-corrected chi connectivity index (χ2v) is 12.6. The average Bonchev–Trinajstić information content (AvgIpc) is 3.67. The second-order valence-electron chi connectivity index (χ2n) is 11.8. The molecule has 212 valence electrons. The van der Waals surface area contributed by atoms with Gasteiger partial charge in [0.2, 0.25) is 0 Å². The second kappa shape index (κ2) is 11.1. The van der Waals surface area contributed by atoms with E-state index in [-0.39, 0.29) is 5.92 Å². The maximum absolute atomic E-state index is 11.8. The minimum absolute atomic E-state index is 0.0361. The molecule has 2 saturated heterocycles. The van der Waals surface area contributed by atoms with E-state index < -0.39 is 11.4 Å². The molecule has 5 heterocycles. The number of hydrogen-bond donors (Lipinski definition) is 1. The smallest absolute Gasteiger partial charge is 0.309 e. The van der Waals surface area contributed by atoms with Gasteiger partial charge in [0.1, 0.15) is 12.4 Å². The zero-order valence-corrected chi connectivity index (χ0v) is 24.4. The number of fused-ring (bicyclic) bond motifs is 1. The van der Waals surface area contributed by atoms with Crippen LogP contribution in [0.1, 0.15) is 49.1 Å². The zero-order chi connectivity index (χ0) is 27.9. The highest BCUT2D eigenvalue weighted by Gasteiger charge is 2.43. The van der Waals surface area contributed by atoms with Crippen LogP contribution in [0.15, 0.2) is 35.8 Å². The molecule has 3 aliphatic heterocycles. The predicted molar refractivity (Wildman–Crippen MR) is 156 cm³/mol. The van der Waals surface area contributed by atoms with Gasteiger partial charge in [-0.25, -0.2) is 4.98 Å². The SMILES string of the molecule is Cc1cccc(-c2csc(N3CC[C@](C)(C(=O)O)[C@@H](C)C3)n2)c1OCc1cnc2c(c1)CCN(C1CCOC1)C2. The van der Waals surface area contributed by atoms with Gasteiger partial charge in [-0.1, -0.05) is 19.1 Å². The van der Waals surface area contributed by atoms with Crippen LogP contribution in [0.2, 0.25) is 0 Å². The van der Waals surface area contributed by atoms with Crippen molar-refractivity contribution in [3.05, 3.63) is 58.2 Å². The van der Waals surface area contributed by atoms with E-state index in [0.29, 0.717) is 32.2 Å². The number of rotatable bonds is 7. The van der Waals surface area contributed by atoms with Crippen molar-refractivity contribution in [2.45, 2.75) is 59.2 Å².